The van der Waals surface area contributed by atoms with Gasteiger partial charge in [0.25, 0.3) is 0 Å². The predicted molar refractivity (Wildman–Crippen MR) is 58.4 cm³/mol. The Hall–Kier alpha value is -1.30. The molecule has 1 heterocycles. The first kappa shape index (κ1) is 10.2. The molecular formula is C12H17N3. The molecule has 0 N–H and O–H groups in total. The SMILES string of the molecule is Cn1c(CC#N)cnc1C1CCCCC1. The van der Waals surface area contributed by atoms with Gasteiger partial charge in [0.2, 0.25) is 0 Å². The first-order chi connectivity index (χ1) is 7.33. The average Bonchev–Trinajstić information content (AvgIpc) is 2.63. The summed E-state index contributed by atoms with van der Waals surface area (Å²) in [5.41, 5.74) is 1.04. The zero-order valence-electron chi connectivity index (χ0n) is 9.24. The second-order valence-electron chi connectivity index (χ2n) is 4.34. The molecule has 1 aliphatic rings. The van der Waals surface area contributed by atoms with Gasteiger partial charge in [-0.25, -0.2) is 4.98 Å². The van der Waals surface area contributed by atoms with Gasteiger partial charge in [0, 0.05) is 19.2 Å². The summed E-state index contributed by atoms with van der Waals surface area (Å²) in [7, 11) is 2.03. The maximum Gasteiger partial charge on any atom is 0.111 e. The topological polar surface area (TPSA) is 41.6 Å². The van der Waals surface area contributed by atoms with Crippen molar-refractivity contribution < 1.29 is 0 Å². The molecule has 0 amide bonds. The van der Waals surface area contributed by atoms with Gasteiger partial charge in [-0.3, -0.25) is 0 Å². The number of aromatic nitrogens is 2. The van der Waals surface area contributed by atoms with Gasteiger partial charge >= 0.3 is 0 Å². The van der Waals surface area contributed by atoms with Crippen molar-refractivity contribution >= 4 is 0 Å². The molecule has 15 heavy (non-hydrogen) atoms. The van der Waals surface area contributed by atoms with Gasteiger partial charge in [-0.2, -0.15) is 5.26 Å². The summed E-state index contributed by atoms with van der Waals surface area (Å²) in [5.74, 6) is 1.80. The molecular weight excluding hydrogens is 186 g/mol. The fourth-order valence-electron chi connectivity index (χ4n) is 2.45. The van der Waals surface area contributed by atoms with E-state index in [9.17, 15) is 0 Å². The third kappa shape index (κ3) is 2.04. The van der Waals surface area contributed by atoms with Gasteiger partial charge in [0.15, 0.2) is 0 Å². The lowest BCUT2D eigenvalue weighted by molar-refractivity contribution is 0.420. The fourth-order valence-corrected chi connectivity index (χ4v) is 2.45. The van der Waals surface area contributed by atoms with E-state index in [-0.39, 0.29) is 0 Å². The highest BCUT2D eigenvalue weighted by Gasteiger charge is 2.20. The molecule has 3 heteroatoms. The second-order valence-corrected chi connectivity index (χ2v) is 4.34. The smallest absolute Gasteiger partial charge is 0.111 e. The Bertz CT molecular complexity index is 367. The van der Waals surface area contributed by atoms with Crippen molar-refractivity contribution in [3.8, 4) is 6.07 Å². The quantitative estimate of drug-likeness (QED) is 0.741. The summed E-state index contributed by atoms with van der Waals surface area (Å²) in [4.78, 5) is 4.47. The van der Waals surface area contributed by atoms with Gasteiger partial charge < -0.3 is 4.57 Å². The van der Waals surface area contributed by atoms with Crippen LogP contribution in [0.3, 0.4) is 0 Å². The Labute approximate surface area is 90.7 Å². The van der Waals surface area contributed by atoms with E-state index in [1.807, 2.05) is 13.2 Å². The molecule has 0 aliphatic heterocycles. The molecule has 0 unspecified atom stereocenters. The first-order valence-corrected chi connectivity index (χ1v) is 5.70. The minimum absolute atomic E-state index is 0.468. The molecule has 1 aromatic rings. The van der Waals surface area contributed by atoms with E-state index in [1.165, 1.54) is 37.9 Å². The summed E-state index contributed by atoms with van der Waals surface area (Å²) >= 11 is 0. The van der Waals surface area contributed by atoms with Crippen LogP contribution in [0.5, 0.6) is 0 Å². The van der Waals surface area contributed by atoms with Crippen LogP contribution >= 0.6 is 0 Å². The van der Waals surface area contributed by atoms with Crippen LogP contribution < -0.4 is 0 Å². The van der Waals surface area contributed by atoms with Crippen molar-refractivity contribution in [1.82, 2.24) is 9.55 Å². The second kappa shape index (κ2) is 4.48. The molecule has 3 nitrogen and oxygen atoms in total. The van der Waals surface area contributed by atoms with Crippen LogP contribution in [0, 0.1) is 11.3 Å². The van der Waals surface area contributed by atoms with E-state index in [0.717, 1.165) is 5.69 Å². The van der Waals surface area contributed by atoms with Gasteiger partial charge in [-0.1, -0.05) is 19.3 Å². The van der Waals surface area contributed by atoms with Gasteiger partial charge in [0.05, 0.1) is 18.2 Å². The monoisotopic (exact) mass is 203 g/mol. The van der Waals surface area contributed by atoms with Crippen molar-refractivity contribution in [3.63, 3.8) is 0 Å². The molecule has 80 valence electrons. The van der Waals surface area contributed by atoms with E-state index in [4.69, 9.17) is 5.26 Å². The predicted octanol–water partition coefficient (Wildman–Crippen LogP) is 2.53. The summed E-state index contributed by atoms with van der Waals surface area (Å²) in [6.45, 7) is 0. The summed E-state index contributed by atoms with van der Waals surface area (Å²) in [5, 5.41) is 8.67. The number of rotatable bonds is 2. The Morgan fingerprint density at radius 2 is 2.20 bits per heavy atom. The van der Waals surface area contributed by atoms with Crippen LogP contribution in [-0.2, 0) is 13.5 Å². The lowest BCUT2D eigenvalue weighted by Crippen LogP contribution is -2.11. The number of hydrogen-bond donors (Lipinski definition) is 0. The van der Waals surface area contributed by atoms with E-state index < -0.39 is 0 Å². The van der Waals surface area contributed by atoms with Crippen LogP contribution in [0.15, 0.2) is 6.20 Å². The maximum atomic E-state index is 8.67. The number of nitrogens with zero attached hydrogens (tertiary/aromatic N) is 3. The minimum Gasteiger partial charge on any atom is -0.334 e. The van der Waals surface area contributed by atoms with Crippen molar-refractivity contribution in [2.45, 2.75) is 44.4 Å². The zero-order valence-corrected chi connectivity index (χ0v) is 9.24. The molecule has 0 saturated heterocycles. The van der Waals surface area contributed by atoms with Crippen molar-refractivity contribution in [3.05, 3.63) is 17.7 Å². The number of imidazole rings is 1. The Balaban J connectivity index is 2.17. The highest BCUT2D eigenvalue weighted by Crippen LogP contribution is 2.31. The highest BCUT2D eigenvalue weighted by molar-refractivity contribution is 5.12. The Kier molecular flexibility index (Phi) is 3.05. The van der Waals surface area contributed by atoms with Crippen molar-refractivity contribution in [1.29, 1.82) is 5.26 Å². The molecule has 0 spiro atoms. The van der Waals surface area contributed by atoms with Crippen LogP contribution in [0.2, 0.25) is 0 Å². The summed E-state index contributed by atoms with van der Waals surface area (Å²) < 4.78 is 2.11. The third-order valence-corrected chi connectivity index (χ3v) is 3.35. The number of nitriles is 1. The largest absolute Gasteiger partial charge is 0.334 e. The lowest BCUT2D eigenvalue weighted by Gasteiger charge is -2.21. The molecule has 0 bridgehead atoms. The van der Waals surface area contributed by atoms with E-state index in [1.54, 1.807) is 0 Å². The normalized spacial score (nSPS) is 17.6. The standard InChI is InChI=1S/C12H17N3/c1-15-11(7-8-13)9-14-12(15)10-5-3-2-4-6-10/h9-10H,2-7H2,1H3. The Morgan fingerprint density at radius 1 is 1.47 bits per heavy atom. The summed E-state index contributed by atoms with van der Waals surface area (Å²) in [6, 6.07) is 2.18. The van der Waals surface area contributed by atoms with E-state index >= 15 is 0 Å². The van der Waals surface area contributed by atoms with Crippen LogP contribution in [0.25, 0.3) is 0 Å². The van der Waals surface area contributed by atoms with E-state index in [2.05, 4.69) is 15.6 Å². The molecule has 1 aromatic heterocycles. The van der Waals surface area contributed by atoms with Gasteiger partial charge in [0.1, 0.15) is 5.82 Å². The fraction of sp³-hybridized carbons (Fsp3) is 0.667. The van der Waals surface area contributed by atoms with E-state index in [0.29, 0.717) is 12.3 Å². The molecule has 1 aliphatic carbocycles. The maximum absolute atomic E-state index is 8.67. The molecule has 0 radical (unpaired) electrons. The van der Waals surface area contributed by atoms with Crippen molar-refractivity contribution in [2.75, 3.05) is 0 Å². The molecule has 2 rings (SSSR count). The molecule has 0 aromatic carbocycles. The molecule has 0 atom stereocenters. The van der Waals surface area contributed by atoms with Crippen LogP contribution in [-0.4, -0.2) is 9.55 Å². The first-order valence-electron chi connectivity index (χ1n) is 5.70. The minimum atomic E-state index is 0.468. The molecule has 1 fully saturated rings. The lowest BCUT2D eigenvalue weighted by atomic mass is 9.89. The highest BCUT2D eigenvalue weighted by atomic mass is 15.1. The zero-order chi connectivity index (χ0) is 10.7. The van der Waals surface area contributed by atoms with Gasteiger partial charge in [-0.05, 0) is 12.8 Å². The van der Waals surface area contributed by atoms with Crippen LogP contribution in [0.4, 0.5) is 0 Å². The summed E-state index contributed by atoms with van der Waals surface area (Å²) in [6.07, 6.45) is 8.86. The average molecular weight is 203 g/mol. The van der Waals surface area contributed by atoms with Crippen molar-refractivity contribution in [2.24, 2.45) is 7.05 Å². The Morgan fingerprint density at radius 3 is 2.87 bits per heavy atom. The number of hydrogen-bond acceptors (Lipinski definition) is 2. The van der Waals surface area contributed by atoms with Crippen LogP contribution in [0.1, 0.15) is 49.5 Å². The third-order valence-electron chi connectivity index (χ3n) is 3.35. The van der Waals surface area contributed by atoms with Gasteiger partial charge in [-0.15, -0.1) is 0 Å². The molecule has 1 saturated carbocycles.